The number of carbonyl (C=O) groups is 7. The summed E-state index contributed by atoms with van der Waals surface area (Å²) in [4.78, 5) is 105. The van der Waals surface area contributed by atoms with Gasteiger partial charge in [0.15, 0.2) is 0 Å². The number of fused-ring (bicyclic) bond motifs is 2. The van der Waals surface area contributed by atoms with E-state index in [1.54, 1.807) is 31.4 Å². The molecule has 6 aromatic rings. The summed E-state index contributed by atoms with van der Waals surface area (Å²) in [5.41, 5.74) is 5.85. The molecule has 18 heteroatoms. The van der Waals surface area contributed by atoms with Gasteiger partial charge in [-0.2, -0.15) is 0 Å². The maximum Gasteiger partial charge on any atom is 0.246 e. The molecule has 4 aliphatic rings. The highest BCUT2D eigenvalue weighted by Gasteiger charge is 2.43. The van der Waals surface area contributed by atoms with E-state index < -0.39 is 102 Å². The second-order valence-corrected chi connectivity index (χ2v) is 21.9. The van der Waals surface area contributed by atoms with Crippen molar-refractivity contribution >= 4 is 41.4 Å². The van der Waals surface area contributed by atoms with E-state index in [2.05, 4.69) is 31.9 Å². The summed E-state index contributed by atoms with van der Waals surface area (Å²) >= 11 is 0. The molecule has 6 aromatic carbocycles. The fourth-order valence-electron chi connectivity index (χ4n) is 11.8. The van der Waals surface area contributed by atoms with Crippen LogP contribution in [0, 0.1) is 5.82 Å². The van der Waals surface area contributed by atoms with E-state index in [0.717, 1.165) is 27.8 Å². The van der Waals surface area contributed by atoms with Gasteiger partial charge in [0.2, 0.25) is 41.4 Å². The van der Waals surface area contributed by atoms with Gasteiger partial charge in [-0.25, -0.2) is 4.39 Å². The molecule has 4 heterocycles. The van der Waals surface area contributed by atoms with E-state index in [1.807, 2.05) is 121 Å². The van der Waals surface area contributed by atoms with E-state index in [4.69, 9.17) is 4.74 Å². The maximum atomic E-state index is 15.0. The number of benzene rings is 6. The first kappa shape index (κ1) is 57.5. The fourth-order valence-corrected chi connectivity index (χ4v) is 11.8. The zero-order valence-corrected chi connectivity index (χ0v) is 46.2. The summed E-state index contributed by atoms with van der Waals surface area (Å²) in [5, 5.41) is 30.0. The van der Waals surface area contributed by atoms with Gasteiger partial charge in [-0.3, -0.25) is 38.9 Å². The van der Waals surface area contributed by atoms with Gasteiger partial charge in [0.1, 0.15) is 54.0 Å². The van der Waals surface area contributed by atoms with E-state index in [9.17, 15) is 43.1 Å². The quantitative estimate of drug-likeness (QED) is 0.0820. The van der Waals surface area contributed by atoms with Gasteiger partial charge < -0.3 is 46.2 Å². The number of halogens is 1. The van der Waals surface area contributed by atoms with Gasteiger partial charge in [-0.1, -0.05) is 133 Å². The first-order valence-corrected chi connectivity index (χ1v) is 28.5. The van der Waals surface area contributed by atoms with Crippen molar-refractivity contribution in [2.75, 3.05) is 20.2 Å². The Morgan fingerprint density at radius 3 is 1.45 bits per heavy atom. The Labute approximate surface area is 481 Å². The number of amides is 7. The van der Waals surface area contributed by atoms with Crippen LogP contribution in [0.3, 0.4) is 0 Å². The number of nitrogens with zero attached hydrogens (tertiary/aromatic N) is 2. The number of nitrogens with one attached hydrogen (secondary N) is 6. The third kappa shape index (κ3) is 14.1. The minimum absolute atomic E-state index is 0.0279. The molecule has 10 rings (SSSR count). The number of hydrogen-bond acceptors (Lipinski definition) is 10. The van der Waals surface area contributed by atoms with Crippen molar-refractivity contribution in [3.05, 3.63) is 197 Å². The molecule has 7 amide bonds. The number of ether oxygens (including phenoxy) is 1. The summed E-state index contributed by atoms with van der Waals surface area (Å²) in [6.45, 7) is 0.582. The molecule has 0 bridgehead atoms. The molecule has 0 aliphatic carbocycles. The molecule has 17 nitrogen and oxygen atoms in total. The van der Waals surface area contributed by atoms with Crippen molar-refractivity contribution in [3.63, 3.8) is 0 Å². The number of rotatable bonds is 14. The molecule has 83 heavy (non-hydrogen) atoms. The van der Waals surface area contributed by atoms with Gasteiger partial charge >= 0.3 is 0 Å². The van der Waals surface area contributed by atoms with Crippen molar-refractivity contribution in [2.45, 2.75) is 119 Å². The van der Waals surface area contributed by atoms with Crippen molar-refractivity contribution in [1.29, 1.82) is 0 Å². The summed E-state index contributed by atoms with van der Waals surface area (Å²) in [7, 11) is 1.56. The molecule has 0 spiro atoms. The van der Waals surface area contributed by atoms with Gasteiger partial charge in [-0.15, -0.1) is 0 Å². The van der Waals surface area contributed by atoms with Crippen LogP contribution in [0.1, 0.15) is 59.1 Å². The Kier molecular flexibility index (Phi) is 18.3. The van der Waals surface area contributed by atoms with E-state index in [1.165, 1.54) is 21.9 Å². The van der Waals surface area contributed by atoms with Crippen molar-refractivity contribution in [1.82, 2.24) is 41.7 Å². The molecular weight excluding hydrogens is 1060 g/mol. The summed E-state index contributed by atoms with van der Waals surface area (Å²) < 4.78 is 19.4. The Morgan fingerprint density at radius 1 is 0.458 bits per heavy atom. The van der Waals surface area contributed by atoms with Crippen molar-refractivity contribution < 1.29 is 47.8 Å². The number of carbonyl (C=O) groups excluding carboxylic acids is 7. The molecule has 7 N–H and O–H groups in total. The van der Waals surface area contributed by atoms with Crippen LogP contribution in [0.2, 0.25) is 0 Å². The summed E-state index contributed by atoms with van der Waals surface area (Å²) in [6.07, 6.45) is 0.939. The topological polar surface area (TPSA) is 228 Å². The molecule has 1 unspecified atom stereocenters. The van der Waals surface area contributed by atoms with Gasteiger partial charge in [0.05, 0.1) is 19.2 Å². The lowest BCUT2D eigenvalue weighted by Crippen LogP contribution is -2.63. The molecule has 4 aliphatic heterocycles. The van der Waals surface area contributed by atoms with E-state index >= 15 is 0 Å². The monoisotopic (exact) mass is 1120 g/mol. The van der Waals surface area contributed by atoms with Crippen molar-refractivity contribution in [2.24, 2.45) is 0 Å². The Balaban J connectivity index is 0.919. The molecule has 0 saturated carbocycles. The van der Waals surface area contributed by atoms with E-state index in [0.29, 0.717) is 54.7 Å². The molecule has 9 atom stereocenters. The minimum Gasteiger partial charge on any atom is -0.497 e. The second kappa shape index (κ2) is 26.4. The molecule has 0 aromatic heterocycles. The highest BCUT2D eigenvalue weighted by molar-refractivity contribution is 5.98. The number of aliphatic hydroxyl groups excluding tert-OH is 1. The van der Waals surface area contributed by atoms with Crippen LogP contribution in [0.4, 0.5) is 4.39 Å². The average molecular weight is 1130 g/mol. The third-order valence-electron chi connectivity index (χ3n) is 16.2. The minimum atomic E-state index is -1.47. The zero-order chi connectivity index (χ0) is 58.0. The van der Waals surface area contributed by atoms with Crippen molar-refractivity contribution in [3.8, 4) is 16.9 Å². The van der Waals surface area contributed by atoms with Crippen LogP contribution < -0.4 is 36.6 Å². The van der Waals surface area contributed by atoms with Gasteiger partial charge in [-0.05, 0) is 107 Å². The normalized spacial score (nSPS) is 24.5. The summed E-state index contributed by atoms with van der Waals surface area (Å²) in [6, 6.07) is 38.1. The zero-order valence-electron chi connectivity index (χ0n) is 46.2. The lowest BCUT2D eigenvalue weighted by molar-refractivity contribution is -0.143. The predicted molar refractivity (Wildman–Crippen MR) is 308 cm³/mol. The standard InChI is InChI=1S/C65H69FN8O9/c1-83-48-30-24-44(25-31-48)37-53-59(76)67-50(34-40-12-4-2-5-13-40)61(78)72-55(65(82)74-33-11-19-57(74)63(80)70-53)39-46-16-8-9-17-49(46)45-26-20-42(21-27-45)35-51-60(77)71-54(38-41-14-6-3-7-15-41)64(81)73-32-10-18-56(73)62(79)69-52(58(75)68-51)36-43-22-28-47(66)29-23-43/h2-9,12-17,20-31,50-58,68,75H,10-11,18-19,32-39H2,1H3,(H,67,76)(H,69,79)(H,70,80)(H,71,77)(H,72,78)/t50-,51-,52+,53+,54+,55+,56-,57-,58?/m1/s1. The summed E-state index contributed by atoms with van der Waals surface area (Å²) in [5.74, 6) is -3.21. The SMILES string of the molecule is COc1ccc(C[C@@H]2NC(=O)[C@H]3CCCN3C(=O)[C@H](Cc3ccccc3-c3ccc(C[C@H]4NC(O)[C@H](Cc5ccc(F)cc5)NC(=O)[C@H]5CCCN5C(=O)[C@H](Cc5ccccc5)NC4=O)cc3)NC(=O)[C@@H](Cc3ccccc3)NC2=O)cc1. The third-order valence-corrected chi connectivity index (χ3v) is 16.2. The first-order chi connectivity index (χ1) is 40.3. The fraction of sp³-hybridized carbons (Fsp3) is 0.338. The maximum absolute atomic E-state index is 15.0. The average Bonchev–Trinajstić information content (AvgIpc) is 4.29. The van der Waals surface area contributed by atoms with Gasteiger partial charge in [0.25, 0.3) is 0 Å². The van der Waals surface area contributed by atoms with Crippen LogP contribution in [0.5, 0.6) is 5.75 Å². The smallest absolute Gasteiger partial charge is 0.246 e. The molecular formula is C65H69FN8O9. The lowest BCUT2D eigenvalue weighted by atomic mass is 9.92. The largest absolute Gasteiger partial charge is 0.497 e. The van der Waals surface area contributed by atoms with E-state index in [-0.39, 0.29) is 45.1 Å². The highest BCUT2D eigenvalue weighted by Crippen LogP contribution is 2.29. The Bertz CT molecular complexity index is 3280. The van der Waals surface area contributed by atoms with Crippen LogP contribution in [0.15, 0.2) is 158 Å². The molecule has 4 fully saturated rings. The van der Waals surface area contributed by atoms with Crippen LogP contribution >= 0.6 is 0 Å². The number of methoxy groups -OCH3 is 1. The predicted octanol–water partition coefficient (Wildman–Crippen LogP) is 4.27. The molecule has 4 saturated heterocycles. The Morgan fingerprint density at radius 2 is 0.880 bits per heavy atom. The van der Waals surface area contributed by atoms with Crippen LogP contribution in [0.25, 0.3) is 11.1 Å². The highest BCUT2D eigenvalue weighted by atomic mass is 19.1. The second-order valence-electron chi connectivity index (χ2n) is 21.9. The molecule has 0 radical (unpaired) electrons. The van der Waals surface area contributed by atoms with Gasteiger partial charge in [0, 0.05) is 38.8 Å². The Hall–Kier alpha value is -8.74. The van der Waals surface area contributed by atoms with Crippen LogP contribution in [-0.4, -0.2) is 131 Å². The number of hydrogen-bond donors (Lipinski definition) is 7. The first-order valence-electron chi connectivity index (χ1n) is 28.5. The molecule has 430 valence electrons. The lowest BCUT2D eigenvalue weighted by Gasteiger charge is -2.34. The van der Waals surface area contributed by atoms with Crippen LogP contribution in [-0.2, 0) is 72.1 Å². The number of aliphatic hydroxyl groups is 1.